The normalized spacial score (nSPS) is 12.1. The van der Waals surface area contributed by atoms with Crippen molar-refractivity contribution >= 4 is 0 Å². The van der Waals surface area contributed by atoms with Crippen molar-refractivity contribution in [1.82, 2.24) is 9.97 Å². The Bertz CT molecular complexity index is 284. The molecule has 1 aromatic rings. The Morgan fingerprint density at radius 1 is 1.58 bits per heavy atom. The third-order valence-electron chi connectivity index (χ3n) is 1.52. The van der Waals surface area contributed by atoms with Crippen molar-refractivity contribution in [1.29, 1.82) is 0 Å². The van der Waals surface area contributed by atoms with Crippen molar-refractivity contribution in [3.05, 3.63) is 23.8 Å². The summed E-state index contributed by atoms with van der Waals surface area (Å²) in [6, 6.07) is -0.192. The van der Waals surface area contributed by atoms with Crippen LogP contribution in [0.4, 0.5) is 0 Å². The Morgan fingerprint density at radius 2 is 2.33 bits per heavy atom. The Hall–Kier alpha value is -1.40. The summed E-state index contributed by atoms with van der Waals surface area (Å²) in [5.74, 6) is 2.49. The first-order chi connectivity index (χ1) is 5.74. The van der Waals surface area contributed by atoms with Crippen LogP contribution in [0.1, 0.15) is 23.9 Å². The molecule has 0 saturated heterocycles. The van der Waals surface area contributed by atoms with Gasteiger partial charge in [-0.05, 0) is 6.92 Å². The summed E-state index contributed by atoms with van der Waals surface area (Å²) in [5.41, 5.74) is 7.34. The lowest BCUT2D eigenvalue weighted by molar-refractivity contribution is 0.717. The van der Waals surface area contributed by atoms with Crippen molar-refractivity contribution in [3.8, 4) is 12.3 Å². The van der Waals surface area contributed by atoms with Crippen LogP contribution in [0.5, 0.6) is 0 Å². The van der Waals surface area contributed by atoms with Gasteiger partial charge in [0.15, 0.2) is 0 Å². The highest BCUT2D eigenvalue weighted by Crippen LogP contribution is 2.08. The van der Waals surface area contributed by atoms with Crippen molar-refractivity contribution in [2.45, 2.75) is 19.4 Å². The van der Waals surface area contributed by atoms with Crippen molar-refractivity contribution in [2.75, 3.05) is 0 Å². The molecular formula is C9H11N3. The van der Waals surface area contributed by atoms with Gasteiger partial charge in [-0.3, -0.25) is 9.97 Å². The lowest BCUT2D eigenvalue weighted by atomic mass is 10.2. The van der Waals surface area contributed by atoms with E-state index in [-0.39, 0.29) is 6.04 Å². The zero-order valence-electron chi connectivity index (χ0n) is 6.99. The smallest absolute Gasteiger partial charge is 0.0763 e. The van der Waals surface area contributed by atoms with Crippen LogP contribution in [0.3, 0.4) is 0 Å². The maximum absolute atomic E-state index is 5.71. The molecule has 0 spiro atoms. The highest BCUT2D eigenvalue weighted by molar-refractivity contribution is 5.07. The van der Waals surface area contributed by atoms with E-state index < -0.39 is 0 Å². The molecule has 1 aromatic heterocycles. The molecule has 0 amide bonds. The molecule has 1 heterocycles. The summed E-state index contributed by atoms with van der Waals surface area (Å²) < 4.78 is 0. The summed E-state index contributed by atoms with van der Waals surface area (Å²) in [5, 5.41) is 0. The number of aryl methyl sites for hydroxylation is 1. The maximum atomic E-state index is 5.71. The molecule has 0 saturated carbocycles. The van der Waals surface area contributed by atoms with Crippen LogP contribution >= 0.6 is 0 Å². The van der Waals surface area contributed by atoms with Crippen molar-refractivity contribution in [3.63, 3.8) is 0 Å². The van der Waals surface area contributed by atoms with Crippen LogP contribution in [0.15, 0.2) is 12.4 Å². The largest absolute Gasteiger partial charge is 0.322 e. The Balaban J connectivity index is 2.76. The van der Waals surface area contributed by atoms with Gasteiger partial charge < -0.3 is 5.73 Å². The minimum atomic E-state index is -0.192. The van der Waals surface area contributed by atoms with Gasteiger partial charge in [0.25, 0.3) is 0 Å². The number of terminal acetylenes is 1. The molecule has 0 aromatic carbocycles. The SMILES string of the molecule is C#CCC(N)c1cnc(C)cn1. The quantitative estimate of drug-likeness (QED) is 0.653. The minimum Gasteiger partial charge on any atom is -0.322 e. The summed E-state index contributed by atoms with van der Waals surface area (Å²) >= 11 is 0. The van der Waals surface area contributed by atoms with Crippen LogP contribution in [-0.4, -0.2) is 9.97 Å². The zero-order valence-corrected chi connectivity index (χ0v) is 6.99. The predicted octanol–water partition coefficient (Wildman–Crippen LogP) is 0.808. The van der Waals surface area contributed by atoms with Crippen molar-refractivity contribution < 1.29 is 0 Å². The summed E-state index contributed by atoms with van der Waals surface area (Å²) in [7, 11) is 0. The van der Waals surface area contributed by atoms with Gasteiger partial charge in [0.1, 0.15) is 0 Å². The van der Waals surface area contributed by atoms with E-state index >= 15 is 0 Å². The number of nitrogens with two attached hydrogens (primary N) is 1. The minimum absolute atomic E-state index is 0.192. The third kappa shape index (κ3) is 2.04. The molecule has 0 radical (unpaired) electrons. The Kier molecular flexibility index (Phi) is 2.78. The lowest BCUT2D eigenvalue weighted by Crippen LogP contribution is -2.11. The van der Waals surface area contributed by atoms with E-state index in [9.17, 15) is 0 Å². The average molecular weight is 161 g/mol. The average Bonchev–Trinajstić information content (AvgIpc) is 2.06. The lowest BCUT2D eigenvalue weighted by Gasteiger charge is -2.05. The molecule has 2 N–H and O–H groups in total. The summed E-state index contributed by atoms with van der Waals surface area (Å²) in [6.07, 6.45) is 8.97. The van der Waals surface area contributed by atoms with E-state index in [4.69, 9.17) is 12.2 Å². The van der Waals surface area contributed by atoms with Crippen LogP contribution in [0, 0.1) is 19.3 Å². The molecule has 0 bridgehead atoms. The Labute approximate surface area is 72.0 Å². The topological polar surface area (TPSA) is 51.8 Å². The molecule has 3 heteroatoms. The van der Waals surface area contributed by atoms with Gasteiger partial charge in [0.2, 0.25) is 0 Å². The number of aromatic nitrogens is 2. The van der Waals surface area contributed by atoms with Gasteiger partial charge in [-0.15, -0.1) is 12.3 Å². The molecule has 0 fully saturated rings. The summed E-state index contributed by atoms with van der Waals surface area (Å²) in [4.78, 5) is 8.19. The first kappa shape index (κ1) is 8.69. The predicted molar refractivity (Wildman–Crippen MR) is 47.1 cm³/mol. The van der Waals surface area contributed by atoms with E-state index in [1.54, 1.807) is 12.4 Å². The first-order valence-corrected chi connectivity index (χ1v) is 3.71. The molecule has 0 aliphatic rings. The maximum Gasteiger partial charge on any atom is 0.0763 e. The molecule has 3 nitrogen and oxygen atoms in total. The van der Waals surface area contributed by atoms with Gasteiger partial charge in [0, 0.05) is 12.6 Å². The van der Waals surface area contributed by atoms with Gasteiger partial charge in [0.05, 0.1) is 23.6 Å². The zero-order chi connectivity index (χ0) is 8.97. The van der Waals surface area contributed by atoms with Crippen LogP contribution in [-0.2, 0) is 0 Å². The van der Waals surface area contributed by atoms with Crippen LogP contribution in [0.2, 0.25) is 0 Å². The molecular weight excluding hydrogens is 150 g/mol. The molecule has 0 aliphatic carbocycles. The van der Waals surface area contributed by atoms with Gasteiger partial charge in [-0.2, -0.15) is 0 Å². The van der Waals surface area contributed by atoms with Crippen LogP contribution < -0.4 is 5.73 Å². The number of nitrogens with zero attached hydrogens (tertiary/aromatic N) is 2. The molecule has 12 heavy (non-hydrogen) atoms. The van der Waals surface area contributed by atoms with E-state index in [0.717, 1.165) is 11.4 Å². The third-order valence-corrected chi connectivity index (χ3v) is 1.52. The van der Waals surface area contributed by atoms with E-state index in [1.165, 1.54) is 0 Å². The fourth-order valence-corrected chi connectivity index (χ4v) is 0.826. The molecule has 0 aliphatic heterocycles. The van der Waals surface area contributed by atoms with E-state index in [0.29, 0.717) is 6.42 Å². The highest BCUT2D eigenvalue weighted by Gasteiger charge is 2.04. The van der Waals surface area contributed by atoms with Crippen molar-refractivity contribution in [2.24, 2.45) is 5.73 Å². The van der Waals surface area contributed by atoms with Crippen LogP contribution in [0.25, 0.3) is 0 Å². The van der Waals surface area contributed by atoms with Gasteiger partial charge in [-0.25, -0.2) is 0 Å². The second-order valence-electron chi connectivity index (χ2n) is 2.60. The van der Waals surface area contributed by atoms with E-state index in [1.807, 2.05) is 6.92 Å². The fraction of sp³-hybridized carbons (Fsp3) is 0.333. The first-order valence-electron chi connectivity index (χ1n) is 3.71. The molecule has 1 atom stereocenters. The molecule has 1 rings (SSSR count). The number of rotatable bonds is 2. The standard InChI is InChI=1S/C9H11N3/c1-3-4-8(10)9-6-11-7(2)5-12-9/h1,5-6,8H,4,10H2,2H3. The molecule has 1 unspecified atom stereocenters. The molecule has 62 valence electrons. The number of hydrogen-bond acceptors (Lipinski definition) is 3. The summed E-state index contributed by atoms with van der Waals surface area (Å²) in [6.45, 7) is 1.88. The number of hydrogen-bond donors (Lipinski definition) is 1. The second kappa shape index (κ2) is 3.84. The van der Waals surface area contributed by atoms with Gasteiger partial charge >= 0.3 is 0 Å². The Morgan fingerprint density at radius 3 is 2.83 bits per heavy atom. The van der Waals surface area contributed by atoms with Gasteiger partial charge in [-0.1, -0.05) is 0 Å². The van der Waals surface area contributed by atoms with E-state index in [2.05, 4.69) is 15.9 Å². The fourth-order valence-electron chi connectivity index (χ4n) is 0.826. The monoisotopic (exact) mass is 161 g/mol. The highest BCUT2D eigenvalue weighted by atomic mass is 14.8. The second-order valence-corrected chi connectivity index (χ2v) is 2.60.